The highest BCUT2D eigenvalue weighted by Crippen LogP contribution is 2.37. The second-order valence-electron chi connectivity index (χ2n) is 5.99. The minimum atomic E-state index is -4.26. The number of thiazole rings is 1. The smallest absolute Gasteiger partial charge is 0.279 e. The van der Waals surface area contributed by atoms with Crippen LogP contribution in [-0.4, -0.2) is 32.0 Å². The lowest BCUT2D eigenvalue weighted by atomic mass is 10.3. The van der Waals surface area contributed by atoms with E-state index in [9.17, 15) is 13.2 Å². The van der Waals surface area contributed by atoms with Crippen LogP contribution in [0.5, 0.6) is 11.5 Å². The van der Waals surface area contributed by atoms with Crippen LogP contribution < -0.4 is 19.8 Å². The molecule has 0 spiro atoms. The number of rotatable bonds is 5. The quantitative estimate of drug-likeness (QED) is 0.650. The van der Waals surface area contributed by atoms with Crippen molar-refractivity contribution < 1.29 is 17.9 Å². The van der Waals surface area contributed by atoms with Crippen LogP contribution in [0.2, 0.25) is 5.02 Å². The molecule has 0 fully saturated rings. The Morgan fingerprint density at radius 2 is 1.79 bits per heavy atom. The van der Waals surface area contributed by atoms with Crippen LogP contribution in [0.25, 0.3) is 4.96 Å². The Labute approximate surface area is 170 Å². The first-order valence-corrected chi connectivity index (χ1v) is 10.7. The highest BCUT2D eigenvalue weighted by Gasteiger charge is 2.27. The SMILES string of the molecule is COc1cc(OC)c(NS(=O)(=O)c2c(C)nc3sc(C)c(C)n3c2=O)cc1Cl. The van der Waals surface area contributed by atoms with Crippen LogP contribution in [-0.2, 0) is 10.0 Å². The summed E-state index contributed by atoms with van der Waals surface area (Å²) in [6.07, 6.45) is 0. The van der Waals surface area contributed by atoms with E-state index in [4.69, 9.17) is 21.1 Å². The summed E-state index contributed by atoms with van der Waals surface area (Å²) in [5.74, 6) is 0.518. The molecule has 3 rings (SSSR count). The zero-order valence-electron chi connectivity index (χ0n) is 15.8. The number of aromatic nitrogens is 2. The van der Waals surface area contributed by atoms with Gasteiger partial charge in [0.25, 0.3) is 15.6 Å². The Balaban J connectivity index is 2.19. The molecular weight excluding hydrogens is 426 g/mol. The first-order chi connectivity index (χ1) is 13.1. The summed E-state index contributed by atoms with van der Waals surface area (Å²) in [4.78, 5) is 18.2. The summed E-state index contributed by atoms with van der Waals surface area (Å²) in [6.45, 7) is 5.08. The second kappa shape index (κ2) is 7.26. The monoisotopic (exact) mass is 443 g/mol. The van der Waals surface area contributed by atoms with Crippen molar-refractivity contribution in [1.82, 2.24) is 9.38 Å². The molecule has 2 heterocycles. The Hall–Kier alpha value is -2.30. The molecule has 11 heteroatoms. The third kappa shape index (κ3) is 3.31. The van der Waals surface area contributed by atoms with Gasteiger partial charge in [0.05, 0.1) is 30.6 Å². The van der Waals surface area contributed by atoms with Crippen molar-refractivity contribution in [3.05, 3.63) is 43.8 Å². The zero-order valence-corrected chi connectivity index (χ0v) is 18.2. The average molecular weight is 444 g/mol. The highest BCUT2D eigenvalue weighted by molar-refractivity contribution is 7.92. The predicted octanol–water partition coefficient (Wildman–Crippen LogP) is 3.15. The first kappa shape index (κ1) is 20.4. The van der Waals surface area contributed by atoms with Gasteiger partial charge >= 0.3 is 0 Å². The van der Waals surface area contributed by atoms with Crippen molar-refractivity contribution in [2.75, 3.05) is 18.9 Å². The van der Waals surface area contributed by atoms with Gasteiger partial charge in [0.15, 0.2) is 9.86 Å². The molecule has 1 aromatic carbocycles. The van der Waals surface area contributed by atoms with Crippen LogP contribution in [0, 0.1) is 20.8 Å². The number of methoxy groups -OCH3 is 2. The number of hydrogen-bond acceptors (Lipinski definition) is 7. The first-order valence-electron chi connectivity index (χ1n) is 8.04. The summed E-state index contributed by atoms with van der Waals surface area (Å²) >= 11 is 7.43. The summed E-state index contributed by atoms with van der Waals surface area (Å²) in [5.41, 5.74) is 0.183. The van der Waals surface area contributed by atoms with E-state index in [1.165, 1.54) is 49.0 Å². The molecule has 0 amide bonds. The van der Waals surface area contributed by atoms with E-state index in [0.29, 0.717) is 16.4 Å². The Morgan fingerprint density at radius 3 is 2.39 bits per heavy atom. The number of sulfonamides is 1. The van der Waals surface area contributed by atoms with Gasteiger partial charge < -0.3 is 9.47 Å². The summed E-state index contributed by atoms with van der Waals surface area (Å²) in [6, 6.07) is 2.81. The van der Waals surface area contributed by atoms with E-state index < -0.39 is 20.5 Å². The average Bonchev–Trinajstić information content (AvgIpc) is 2.88. The fourth-order valence-electron chi connectivity index (χ4n) is 2.76. The van der Waals surface area contributed by atoms with Gasteiger partial charge in [-0.05, 0) is 26.8 Å². The van der Waals surface area contributed by atoms with E-state index in [2.05, 4.69) is 9.71 Å². The fraction of sp³-hybridized carbons (Fsp3) is 0.294. The number of ether oxygens (including phenoxy) is 2. The molecule has 0 aliphatic rings. The summed E-state index contributed by atoms with van der Waals surface area (Å²) in [5, 5.41) is 0.187. The Kier molecular flexibility index (Phi) is 5.30. The van der Waals surface area contributed by atoms with Crippen LogP contribution in [0.4, 0.5) is 5.69 Å². The molecule has 0 atom stereocenters. The number of aryl methyl sites for hydroxylation is 3. The lowest BCUT2D eigenvalue weighted by Gasteiger charge is -2.14. The molecule has 8 nitrogen and oxygen atoms in total. The standard InChI is InChI=1S/C17H18ClN3O5S2/c1-8-15(16(22)21-9(2)10(3)27-17(21)19-8)28(23,24)20-12-6-11(18)13(25-4)7-14(12)26-5/h6-7,20H,1-5H3. The van der Waals surface area contributed by atoms with Gasteiger partial charge in [-0.1, -0.05) is 11.6 Å². The van der Waals surface area contributed by atoms with Gasteiger partial charge in [0.1, 0.15) is 11.5 Å². The van der Waals surface area contributed by atoms with Gasteiger partial charge in [-0.15, -0.1) is 11.3 Å². The molecule has 0 unspecified atom stereocenters. The predicted molar refractivity (Wildman–Crippen MR) is 109 cm³/mol. The van der Waals surface area contributed by atoms with Gasteiger partial charge in [-0.3, -0.25) is 13.9 Å². The van der Waals surface area contributed by atoms with Crippen LogP contribution in [0.15, 0.2) is 21.8 Å². The van der Waals surface area contributed by atoms with Gasteiger partial charge in [0.2, 0.25) is 0 Å². The van der Waals surface area contributed by atoms with Crippen molar-refractivity contribution in [1.29, 1.82) is 0 Å². The van der Waals surface area contributed by atoms with E-state index in [1.807, 2.05) is 6.92 Å². The molecule has 1 N–H and O–H groups in total. The molecule has 0 saturated carbocycles. The van der Waals surface area contributed by atoms with Crippen molar-refractivity contribution in [3.8, 4) is 11.5 Å². The normalized spacial score (nSPS) is 11.6. The molecule has 0 aliphatic heterocycles. The van der Waals surface area contributed by atoms with E-state index >= 15 is 0 Å². The molecule has 2 aromatic heterocycles. The van der Waals surface area contributed by atoms with Crippen molar-refractivity contribution in [2.45, 2.75) is 25.7 Å². The molecule has 3 aromatic rings. The van der Waals surface area contributed by atoms with Gasteiger partial charge in [0, 0.05) is 16.6 Å². The third-order valence-corrected chi connectivity index (χ3v) is 7.11. The maximum Gasteiger partial charge on any atom is 0.279 e. The van der Waals surface area contributed by atoms with Gasteiger partial charge in [-0.2, -0.15) is 0 Å². The number of halogens is 1. The number of hydrogen-bond donors (Lipinski definition) is 1. The molecular formula is C17H18ClN3O5S2. The number of nitrogens with one attached hydrogen (secondary N) is 1. The Morgan fingerprint density at radius 1 is 1.14 bits per heavy atom. The lowest BCUT2D eigenvalue weighted by Crippen LogP contribution is -2.28. The third-order valence-electron chi connectivity index (χ3n) is 4.26. The van der Waals surface area contributed by atoms with Crippen molar-refractivity contribution >= 4 is 43.6 Å². The van der Waals surface area contributed by atoms with Crippen LogP contribution in [0.3, 0.4) is 0 Å². The Bertz CT molecular complexity index is 1250. The minimum Gasteiger partial charge on any atom is -0.495 e. The van der Waals surface area contributed by atoms with Gasteiger partial charge in [-0.25, -0.2) is 13.4 Å². The van der Waals surface area contributed by atoms with E-state index in [1.54, 1.807) is 6.92 Å². The second-order valence-corrected chi connectivity index (χ2v) is 9.19. The molecule has 0 saturated heterocycles. The lowest BCUT2D eigenvalue weighted by molar-refractivity contribution is 0.396. The highest BCUT2D eigenvalue weighted by atomic mass is 35.5. The maximum atomic E-state index is 13.0. The summed E-state index contributed by atoms with van der Waals surface area (Å²) in [7, 11) is -1.45. The molecule has 150 valence electrons. The van der Waals surface area contributed by atoms with Crippen LogP contribution >= 0.6 is 22.9 Å². The molecule has 28 heavy (non-hydrogen) atoms. The van der Waals surface area contributed by atoms with Crippen LogP contribution in [0.1, 0.15) is 16.3 Å². The number of benzene rings is 1. The topological polar surface area (TPSA) is 99.0 Å². The number of anilines is 1. The summed E-state index contributed by atoms with van der Waals surface area (Å²) < 4.78 is 40.1. The largest absolute Gasteiger partial charge is 0.495 e. The molecule has 0 aliphatic carbocycles. The van der Waals surface area contributed by atoms with E-state index in [0.717, 1.165) is 4.88 Å². The number of nitrogens with zero attached hydrogens (tertiary/aromatic N) is 2. The number of fused-ring (bicyclic) bond motifs is 1. The molecule has 0 bridgehead atoms. The van der Waals surface area contributed by atoms with E-state index in [-0.39, 0.29) is 22.2 Å². The molecule has 0 radical (unpaired) electrons. The fourth-order valence-corrected chi connectivity index (χ4v) is 5.32. The maximum absolute atomic E-state index is 13.0. The minimum absolute atomic E-state index is 0.0791. The van der Waals surface area contributed by atoms with Crippen molar-refractivity contribution in [2.24, 2.45) is 0 Å². The van der Waals surface area contributed by atoms with Crippen molar-refractivity contribution in [3.63, 3.8) is 0 Å². The zero-order chi connectivity index (χ0) is 20.8.